The Bertz CT molecular complexity index is 389. The van der Waals surface area contributed by atoms with Crippen molar-refractivity contribution in [3.05, 3.63) is 29.3 Å². The number of cyclic esters (lactones) is 1. The molecule has 1 atom stereocenters. The maximum Gasteiger partial charge on any atom is 0.407 e. The molecule has 80 valence electrons. The molecule has 1 aliphatic heterocycles. The van der Waals surface area contributed by atoms with Gasteiger partial charge < -0.3 is 14.8 Å². The first kappa shape index (κ1) is 9.83. The topological polar surface area (TPSA) is 47.6 Å². The second-order valence-electron chi connectivity index (χ2n) is 3.49. The lowest BCUT2D eigenvalue weighted by Crippen LogP contribution is -2.19. The molecule has 1 saturated heterocycles. The van der Waals surface area contributed by atoms with E-state index < -0.39 is 0 Å². The fourth-order valence-corrected chi connectivity index (χ4v) is 1.78. The average molecular weight is 207 g/mol. The van der Waals surface area contributed by atoms with E-state index in [1.54, 1.807) is 7.11 Å². The highest BCUT2D eigenvalue weighted by Gasteiger charge is 2.26. The third-order valence-electron chi connectivity index (χ3n) is 2.50. The molecule has 0 bridgehead atoms. The van der Waals surface area contributed by atoms with Crippen molar-refractivity contribution in [3.63, 3.8) is 0 Å². The Hall–Kier alpha value is -1.71. The number of amides is 1. The number of methoxy groups -OCH3 is 1. The van der Waals surface area contributed by atoms with E-state index in [1.807, 2.05) is 25.1 Å². The van der Waals surface area contributed by atoms with Crippen LogP contribution in [0.4, 0.5) is 4.79 Å². The summed E-state index contributed by atoms with van der Waals surface area (Å²) in [4.78, 5) is 10.9. The molecular formula is C11H13NO3. The van der Waals surface area contributed by atoms with E-state index in [-0.39, 0.29) is 12.1 Å². The largest absolute Gasteiger partial charge is 0.496 e. The maximum atomic E-state index is 10.9. The molecule has 4 nitrogen and oxygen atoms in total. The van der Waals surface area contributed by atoms with E-state index in [1.165, 1.54) is 0 Å². The highest BCUT2D eigenvalue weighted by atomic mass is 16.6. The number of nitrogens with one attached hydrogen (secondary N) is 1. The highest BCUT2D eigenvalue weighted by molar-refractivity contribution is 5.70. The van der Waals surface area contributed by atoms with Crippen LogP contribution in [0, 0.1) is 6.92 Å². The van der Waals surface area contributed by atoms with Gasteiger partial charge >= 0.3 is 6.09 Å². The summed E-state index contributed by atoms with van der Waals surface area (Å²) in [6.45, 7) is 2.33. The molecule has 1 heterocycles. The summed E-state index contributed by atoms with van der Waals surface area (Å²) in [7, 11) is 1.63. The van der Waals surface area contributed by atoms with Crippen LogP contribution in [0.2, 0.25) is 0 Å². The number of hydrogen-bond acceptors (Lipinski definition) is 3. The minimum absolute atomic E-state index is 0.104. The van der Waals surface area contributed by atoms with Crippen LogP contribution >= 0.6 is 0 Å². The number of para-hydroxylation sites is 1. The molecule has 0 aromatic heterocycles. The van der Waals surface area contributed by atoms with Crippen molar-refractivity contribution < 1.29 is 14.3 Å². The molecule has 1 N–H and O–H groups in total. The average Bonchev–Trinajstić information content (AvgIpc) is 2.64. The second-order valence-corrected chi connectivity index (χ2v) is 3.49. The summed E-state index contributed by atoms with van der Waals surface area (Å²) in [5.74, 6) is 0.813. The van der Waals surface area contributed by atoms with Gasteiger partial charge in [0.05, 0.1) is 13.2 Å². The molecular weight excluding hydrogens is 194 g/mol. The fraction of sp³-hybridized carbons (Fsp3) is 0.364. The molecule has 0 radical (unpaired) electrons. The Balaban J connectivity index is 2.35. The number of ether oxygens (including phenoxy) is 2. The predicted octanol–water partition coefficient (Wildman–Crippen LogP) is 1.78. The van der Waals surface area contributed by atoms with Gasteiger partial charge in [-0.1, -0.05) is 18.2 Å². The molecule has 0 spiro atoms. The molecule has 4 heteroatoms. The molecule has 1 fully saturated rings. The summed E-state index contributed by atoms with van der Waals surface area (Å²) in [5.41, 5.74) is 2.01. The summed E-state index contributed by atoms with van der Waals surface area (Å²) in [6, 6.07) is 5.75. The normalized spacial score (nSPS) is 19.6. The third kappa shape index (κ3) is 1.75. The molecule has 1 unspecified atom stereocenters. The van der Waals surface area contributed by atoms with E-state index in [9.17, 15) is 4.79 Å². The smallest absolute Gasteiger partial charge is 0.407 e. The number of rotatable bonds is 2. The van der Waals surface area contributed by atoms with E-state index in [4.69, 9.17) is 9.47 Å². The first-order valence-electron chi connectivity index (χ1n) is 4.79. The van der Waals surface area contributed by atoms with Crippen LogP contribution < -0.4 is 10.1 Å². The lowest BCUT2D eigenvalue weighted by atomic mass is 10.0. The van der Waals surface area contributed by atoms with Gasteiger partial charge in [0, 0.05) is 5.56 Å². The molecule has 2 rings (SSSR count). The summed E-state index contributed by atoms with van der Waals surface area (Å²) in [6.07, 6.45) is -0.372. The Kier molecular flexibility index (Phi) is 2.49. The van der Waals surface area contributed by atoms with E-state index in [0.29, 0.717) is 6.61 Å². The number of alkyl carbamates (subject to hydrolysis) is 1. The predicted molar refractivity (Wildman–Crippen MR) is 55.0 cm³/mol. The molecule has 0 saturated carbocycles. The zero-order chi connectivity index (χ0) is 10.8. The molecule has 1 aromatic rings. The van der Waals surface area contributed by atoms with Crippen LogP contribution in [-0.4, -0.2) is 19.8 Å². The van der Waals surface area contributed by atoms with Gasteiger partial charge in [0.2, 0.25) is 0 Å². The Morgan fingerprint density at radius 2 is 2.33 bits per heavy atom. The summed E-state index contributed by atoms with van der Waals surface area (Å²) >= 11 is 0. The quantitative estimate of drug-likeness (QED) is 0.804. The van der Waals surface area contributed by atoms with Crippen LogP contribution in [0.3, 0.4) is 0 Å². The maximum absolute atomic E-state index is 10.9. The van der Waals surface area contributed by atoms with Crippen LogP contribution in [-0.2, 0) is 4.74 Å². The minimum atomic E-state index is -0.372. The third-order valence-corrected chi connectivity index (χ3v) is 2.50. The van der Waals surface area contributed by atoms with E-state index in [2.05, 4.69) is 5.32 Å². The summed E-state index contributed by atoms with van der Waals surface area (Å²) < 4.78 is 10.2. The number of hydrogen-bond donors (Lipinski definition) is 1. The van der Waals surface area contributed by atoms with E-state index in [0.717, 1.165) is 16.9 Å². The standard InChI is InChI=1S/C11H13NO3/c1-7-4-3-5-8(10(7)14-2)9-6-15-11(13)12-9/h3-5,9H,6H2,1-2H3,(H,12,13). The van der Waals surface area contributed by atoms with Crippen molar-refractivity contribution in [1.82, 2.24) is 5.32 Å². The van der Waals surface area contributed by atoms with Crippen LogP contribution in [0.25, 0.3) is 0 Å². The van der Waals surface area contributed by atoms with Crippen molar-refractivity contribution in [2.45, 2.75) is 13.0 Å². The van der Waals surface area contributed by atoms with Gasteiger partial charge in [-0.3, -0.25) is 0 Å². The van der Waals surface area contributed by atoms with Gasteiger partial charge in [-0.15, -0.1) is 0 Å². The zero-order valence-corrected chi connectivity index (χ0v) is 8.74. The summed E-state index contributed by atoms with van der Waals surface area (Å²) in [5, 5.41) is 2.73. The SMILES string of the molecule is COc1c(C)cccc1C1COC(=O)N1. The van der Waals surface area contributed by atoms with Crippen LogP contribution in [0.1, 0.15) is 17.2 Å². The van der Waals surface area contributed by atoms with Crippen molar-refractivity contribution in [2.24, 2.45) is 0 Å². The molecule has 1 aliphatic rings. The van der Waals surface area contributed by atoms with Crippen molar-refractivity contribution >= 4 is 6.09 Å². The van der Waals surface area contributed by atoms with Gasteiger partial charge in [0.15, 0.2) is 0 Å². The monoisotopic (exact) mass is 207 g/mol. The molecule has 1 amide bonds. The Morgan fingerprint density at radius 3 is 2.93 bits per heavy atom. The van der Waals surface area contributed by atoms with Gasteiger partial charge in [0.1, 0.15) is 12.4 Å². The van der Waals surface area contributed by atoms with Crippen LogP contribution in [0.5, 0.6) is 5.75 Å². The Labute approximate surface area is 88.2 Å². The first-order valence-corrected chi connectivity index (χ1v) is 4.79. The molecule has 1 aromatic carbocycles. The highest BCUT2D eigenvalue weighted by Crippen LogP contribution is 2.30. The van der Waals surface area contributed by atoms with Gasteiger partial charge in [-0.2, -0.15) is 0 Å². The Morgan fingerprint density at radius 1 is 1.53 bits per heavy atom. The number of carbonyl (C=O) groups is 1. The minimum Gasteiger partial charge on any atom is -0.496 e. The molecule has 0 aliphatic carbocycles. The van der Waals surface area contributed by atoms with Crippen molar-refractivity contribution in [2.75, 3.05) is 13.7 Å². The van der Waals surface area contributed by atoms with E-state index >= 15 is 0 Å². The lowest BCUT2D eigenvalue weighted by Gasteiger charge is -2.14. The number of carbonyl (C=O) groups excluding carboxylic acids is 1. The fourth-order valence-electron chi connectivity index (χ4n) is 1.78. The van der Waals surface area contributed by atoms with Crippen LogP contribution in [0.15, 0.2) is 18.2 Å². The zero-order valence-electron chi connectivity index (χ0n) is 8.74. The molecule has 15 heavy (non-hydrogen) atoms. The number of aryl methyl sites for hydroxylation is 1. The van der Waals surface area contributed by atoms with Gasteiger partial charge in [0.25, 0.3) is 0 Å². The van der Waals surface area contributed by atoms with Gasteiger partial charge in [-0.25, -0.2) is 4.79 Å². The lowest BCUT2D eigenvalue weighted by molar-refractivity contribution is 0.177. The first-order chi connectivity index (χ1) is 7.22. The van der Waals surface area contributed by atoms with Crippen molar-refractivity contribution in [1.29, 1.82) is 0 Å². The van der Waals surface area contributed by atoms with Crippen molar-refractivity contribution in [3.8, 4) is 5.75 Å². The van der Waals surface area contributed by atoms with Gasteiger partial charge in [-0.05, 0) is 12.5 Å². The second kappa shape index (κ2) is 3.81. The number of benzene rings is 1.